The van der Waals surface area contributed by atoms with Crippen molar-refractivity contribution in [3.05, 3.63) is 0 Å². The lowest BCUT2D eigenvalue weighted by Gasteiger charge is -2.38. The first-order chi connectivity index (χ1) is 13.1. The van der Waals surface area contributed by atoms with E-state index in [2.05, 4.69) is 0 Å². The number of halogens is 3. The van der Waals surface area contributed by atoms with Gasteiger partial charge in [0, 0.05) is 6.54 Å². The summed E-state index contributed by atoms with van der Waals surface area (Å²) >= 11 is 0. The van der Waals surface area contributed by atoms with E-state index in [1.807, 2.05) is 0 Å². The Morgan fingerprint density at radius 3 is 2.18 bits per heavy atom. The summed E-state index contributed by atoms with van der Waals surface area (Å²) in [5, 5.41) is 0. The number of carbonyl (C=O) groups excluding carboxylic acids is 1. The normalized spacial score (nSPS) is 40.0. The zero-order chi connectivity index (χ0) is 20.2. The van der Waals surface area contributed by atoms with Crippen LogP contribution >= 0.6 is 0 Å². The van der Waals surface area contributed by atoms with E-state index < -0.39 is 15.5 Å². The Bertz CT molecular complexity index is 696. The van der Waals surface area contributed by atoms with Gasteiger partial charge in [0.05, 0.1) is 5.41 Å². The van der Waals surface area contributed by atoms with Gasteiger partial charge in [-0.25, -0.2) is 13.1 Å². The van der Waals surface area contributed by atoms with Crippen molar-refractivity contribution in [2.45, 2.75) is 75.8 Å². The van der Waals surface area contributed by atoms with E-state index in [1.54, 1.807) is 4.72 Å². The molecule has 5 saturated carbocycles. The highest BCUT2D eigenvalue weighted by Crippen LogP contribution is 2.64. The van der Waals surface area contributed by atoms with E-state index in [4.69, 9.17) is 4.74 Å². The quantitative estimate of drug-likeness (QED) is 0.661. The van der Waals surface area contributed by atoms with E-state index in [0.717, 1.165) is 32.1 Å². The second-order valence-corrected chi connectivity index (χ2v) is 11.2. The standard InChI is InChI=1S/C19H28F3NO4S/c20-19(21,22)28(25,26)23-6-5-12-1-3-16(4-2-12)27-17(24)18-9-13-7-14(10-18)15(8-13)11-18/h12-16,23H,1-11H2. The maximum absolute atomic E-state index is 12.9. The minimum atomic E-state index is -5.27. The third kappa shape index (κ3) is 3.80. The van der Waals surface area contributed by atoms with E-state index in [9.17, 15) is 26.4 Å². The molecule has 0 radical (unpaired) electrons. The molecule has 1 N–H and O–H groups in total. The molecule has 0 aromatic carbocycles. The van der Waals surface area contributed by atoms with Gasteiger partial charge in [0.15, 0.2) is 0 Å². The molecule has 0 aromatic heterocycles. The van der Waals surface area contributed by atoms with Crippen molar-refractivity contribution in [1.29, 1.82) is 0 Å². The van der Waals surface area contributed by atoms with Gasteiger partial charge in [-0.1, -0.05) is 0 Å². The first-order valence-electron chi connectivity index (χ1n) is 10.3. The predicted octanol–water partition coefficient (Wildman–Crippen LogP) is 3.74. The maximum Gasteiger partial charge on any atom is 0.511 e. The Kier molecular flexibility index (Phi) is 5.22. The molecule has 0 amide bonds. The van der Waals surface area contributed by atoms with Gasteiger partial charge in [0.1, 0.15) is 6.10 Å². The molecular formula is C19H28F3NO4S. The number of hydrogen-bond acceptors (Lipinski definition) is 4. The number of hydrogen-bond donors (Lipinski definition) is 1. The summed E-state index contributed by atoms with van der Waals surface area (Å²) in [4.78, 5) is 12.9. The zero-order valence-electron chi connectivity index (χ0n) is 15.8. The van der Waals surface area contributed by atoms with Crippen molar-refractivity contribution in [3.63, 3.8) is 0 Å². The molecule has 5 rings (SSSR count). The number of esters is 1. The molecule has 0 aliphatic heterocycles. The van der Waals surface area contributed by atoms with E-state index in [-0.39, 0.29) is 30.0 Å². The van der Waals surface area contributed by atoms with Crippen LogP contribution in [0, 0.1) is 29.1 Å². The summed E-state index contributed by atoms with van der Waals surface area (Å²) in [5.74, 6) is 2.25. The van der Waals surface area contributed by atoms with Crippen LogP contribution in [0.4, 0.5) is 13.2 Å². The zero-order valence-corrected chi connectivity index (χ0v) is 16.7. The number of rotatable bonds is 6. The van der Waals surface area contributed by atoms with Gasteiger partial charge in [0.25, 0.3) is 0 Å². The van der Waals surface area contributed by atoms with E-state index in [0.29, 0.717) is 37.0 Å². The van der Waals surface area contributed by atoms with Crippen molar-refractivity contribution >= 4 is 16.0 Å². The van der Waals surface area contributed by atoms with Gasteiger partial charge in [-0.05, 0) is 87.9 Å². The number of sulfonamides is 1. The van der Waals surface area contributed by atoms with Crippen LogP contribution in [0.3, 0.4) is 0 Å². The van der Waals surface area contributed by atoms with Crippen LogP contribution in [0.1, 0.15) is 64.2 Å². The molecule has 5 fully saturated rings. The average molecular weight is 423 g/mol. The van der Waals surface area contributed by atoms with Crippen LogP contribution in [0.15, 0.2) is 0 Å². The largest absolute Gasteiger partial charge is 0.511 e. The van der Waals surface area contributed by atoms with Crippen LogP contribution in [0.2, 0.25) is 0 Å². The smallest absolute Gasteiger partial charge is 0.462 e. The Balaban J connectivity index is 1.20. The third-order valence-electron chi connectivity index (χ3n) is 7.57. The summed E-state index contributed by atoms with van der Waals surface area (Å²) in [6.07, 6.45) is 8.67. The van der Waals surface area contributed by atoms with Crippen molar-refractivity contribution in [3.8, 4) is 0 Å². The Morgan fingerprint density at radius 2 is 1.64 bits per heavy atom. The molecular weight excluding hydrogens is 395 g/mol. The molecule has 2 atom stereocenters. The lowest BCUT2D eigenvalue weighted by molar-refractivity contribution is -0.166. The van der Waals surface area contributed by atoms with Crippen molar-refractivity contribution in [2.75, 3.05) is 6.54 Å². The van der Waals surface area contributed by atoms with Gasteiger partial charge in [-0.15, -0.1) is 0 Å². The predicted molar refractivity (Wildman–Crippen MR) is 95.4 cm³/mol. The fraction of sp³-hybridized carbons (Fsp3) is 0.947. The van der Waals surface area contributed by atoms with Crippen LogP contribution in [0.25, 0.3) is 0 Å². The highest BCUT2D eigenvalue weighted by Gasteiger charge is 2.60. The minimum absolute atomic E-state index is 0.0224. The minimum Gasteiger partial charge on any atom is -0.462 e. The van der Waals surface area contributed by atoms with Gasteiger partial charge < -0.3 is 4.74 Å². The maximum atomic E-state index is 12.9. The Hall–Kier alpha value is -0.830. The van der Waals surface area contributed by atoms with Gasteiger partial charge >= 0.3 is 21.5 Å². The highest BCUT2D eigenvalue weighted by molar-refractivity contribution is 7.90. The molecule has 0 spiro atoms. The summed E-state index contributed by atoms with van der Waals surface area (Å²) in [5.41, 5.74) is -5.51. The second-order valence-electron chi connectivity index (χ2n) is 9.43. The summed E-state index contributed by atoms with van der Waals surface area (Å²) < 4.78 is 66.5. The van der Waals surface area contributed by atoms with Crippen LogP contribution < -0.4 is 4.72 Å². The number of nitrogens with one attached hydrogen (secondary N) is 1. The number of carbonyl (C=O) groups is 1. The summed E-state index contributed by atoms with van der Waals surface area (Å²) in [7, 11) is -5.26. The molecule has 5 aliphatic rings. The Morgan fingerprint density at radius 1 is 1.04 bits per heavy atom. The van der Waals surface area contributed by atoms with Crippen LogP contribution in [0.5, 0.6) is 0 Å². The van der Waals surface area contributed by atoms with Crippen molar-refractivity contribution < 1.29 is 31.1 Å². The molecule has 2 unspecified atom stereocenters. The second kappa shape index (κ2) is 7.15. The molecule has 9 heteroatoms. The first kappa shape index (κ1) is 20.4. The summed E-state index contributed by atoms with van der Waals surface area (Å²) in [6.45, 7) is -0.218. The molecule has 28 heavy (non-hydrogen) atoms. The van der Waals surface area contributed by atoms with Gasteiger partial charge in [0.2, 0.25) is 0 Å². The molecule has 5 aliphatic carbocycles. The molecule has 5 nitrogen and oxygen atoms in total. The van der Waals surface area contributed by atoms with Crippen molar-refractivity contribution in [1.82, 2.24) is 4.72 Å². The fourth-order valence-corrected chi connectivity index (χ4v) is 6.90. The van der Waals surface area contributed by atoms with Crippen LogP contribution in [-0.4, -0.2) is 32.5 Å². The topological polar surface area (TPSA) is 72.5 Å². The number of alkyl halides is 3. The molecule has 4 bridgehead atoms. The van der Waals surface area contributed by atoms with E-state index in [1.165, 1.54) is 12.8 Å². The lowest BCUT2D eigenvalue weighted by atomic mass is 9.69. The summed E-state index contributed by atoms with van der Waals surface area (Å²) in [6, 6.07) is 0. The fourth-order valence-electron chi connectivity index (χ4n) is 6.35. The number of ether oxygens (including phenoxy) is 1. The molecule has 0 heterocycles. The first-order valence-corrected chi connectivity index (χ1v) is 11.8. The Labute approximate surface area is 163 Å². The van der Waals surface area contributed by atoms with E-state index >= 15 is 0 Å². The molecule has 0 saturated heterocycles. The highest BCUT2D eigenvalue weighted by atomic mass is 32.2. The lowest BCUT2D eigenvalue weighted by Crippen LogP contribution is -2.39. The molecule has 160 valence electrons. The molecule has 0 aromatic rings. The van der Waals surface area contributed by atoms with Crippen molar-refractivity contribution in [2.24, 2.45) is 29.1 Å². The average Bonchev–Trinajstić information content (AvgIpc) is 3.02. The third-order valence-corrected chi connectivity index (χ3v) is 8.77. The SMILES string of the molecule is O=C(OC1CCC(CCNS(=O)(=O)C(F)(F)F)CC1)C12CC3CC(C1)C(C3)C2. The van der Waals surface area contributed by atoms with Crippen LogP contribution in [-0.2, 0) is 19.6 Å². The monoisotopic (exact) mass is 423 g/mol. The van der Waals surface area contributed by atoms with Gasteiger partial charge in [-0.2, -0.15) is 13.2 Å². The van der Waals surface area contributed by atoms with Gasteiger partial charge in [-0.3, -0.25) is 4.79 Å².